The van der Waals surface area contributed by atoms with Crippen LogP contribution >= 0.6 is 11.3 Å². The minimum atomic E-state index is -3.55. The topological polar surface area (TPSA) is 86.8 Å². The predicted octanol–water partition coefficient (Wildman–Crippen LogP) is 1.70. The molecule has 1 aliphatic rings. The molecule has 150 valence electrons. The van der Waals surface area contributed by atoms with Crippen molar-refractivity contribution in [3.05, 3.63) is 51.7 Å². The van der Waals surface area contributed by atoms with Crippen LogP contribution in [0, 0.1) is 0 Å². The summed E-state index contributed by atoms with van der Waals surface area (Å²) in [6.45, 7) is 2.87. The SMILES string of the molecule is C[C@H](NC(=O)c1ccc(S(=O)(=O)N(C)C)cc1)C(=O)N1CCc2sccc2C1. The van der Waals surface area contributed by atoms with E-state index < -0.39 is 22.0 Å². The van der Waals surface area contributed by atoms with E-state index in [1.54, 1.807) is 23.2 Å². The summed E-state index contributed by atoms with van der Waals surface area (Å²) in [7, 11) is -0.654. The van der Waals surface area contributed by atoms with Crippen LogP contribution < -0.4 is 5.32 Å². The van der Waals surface area contributed by atoms with E-state index in [-0.39, 0.29) is 10.8 Å². The van der Waals surface area contributed by atoms with Crippen molar-refractivity contribution in [1.82, 2.24) is 14.5 Å². The minimum absolute atomic E-state index is 0.109. The Hall–Kier alpha value is -2.23. The van der Waals surface area contributed by atoms with E-state index in [1.165, 1.54) is 48.8 Å². The molecule has 1 aromatic heterocycles. The summed E-state index contributed by atoms with van der Waals surface area (Å²) in [5, 5.41) is 4.74. The highest BCUT2D eigenvalue weighted by atomic mass is 32.2. The molecule has 3 rings (SSSR count). The van der Waals surface area contributed by atoms with E-state index >= 15 is 0 Å². The smallest absolute Gasteiger partial charge is 0.251 e. The lowest BCUT2D eigenvalue weighted by Crippen LogP contribution is -2.48. The molecule has 0 spiro atoms. The van der Waals surface area contributed by atoms with Gasteiger partial charge in [-0.3, -0.25) is 9.59 Å². The molecule has 0 aliphatic carbocycles. The zero-order valence-corrected chi connectivity index (χ0v) is 17.6. The van der Waals surface area contributed by atoms with Gasteiger partial charge in [-0.1, -0.05) is 0 Å². The van der Waals surface area contributed by atoms with Crippen molar-refractivity contribution in [3.8, 4) is 0 Å². The number of hydrogen-bond acceptors (Lipinski definition) is 5. The van der Waals surface area contributed by atoms with Crippen LogP contribution in [0.2, 0.25) is 0 Å². The Bertz CT molecular complexity index is 981. The number of sulfonamides is 1. The average molecular weight is 422 g/mol. The molecule has 0 bridgehead atoms. The summed E-state index contributed by atoms with van der Waals surface area (Å²) < 4.78 is 25.3. The number of thiophene rings is 1. The lowest BCUT2D eigenvalue weighted by Gasteiger charge is -2.29. The first-order chi connectivity index (χ1) is 13.2. The summed E-state index contributed by atoms with van der Waals surface area (Å²) in [4.78, 5) is 28.3. The average Bonchev–Trinajstić information content (AvgIpc) is 3.15. The third-order valence-electron chi connectivity index (χ3n) is 4.73. The van der Waals surface area contributed by atoms with Crippen LogP contribution in [0.5, 0.6) is 0 Å². The summed E-state index contributed by atoms with van der Waals surface area (Å²) in [6, 6.07) is 7.03. The first-order valence-corrected chi connectivity index (χ1v) is 11.2. The number of carbonyl (C=O) groups is 2. The van der Waals surface area contributed by atoms with Crippen LogP contribution in [0.4, 0.5) is 0 Å². The van der Waals surface area contributed by atoms with Crippen molar-refractivity contribution in [2.24, 2.45) is 0 Å². The number of carbonyl (C=O) groups excluding carboxylic acids is 2. The first-order valence-electron chi connectivity index (χ1n) is 8.87. The van der Waals surface area contributed by atoms with Gasteiger partial charge in [0.1, 0.15) is 6.04 Å². The maximum atomic E-state index is 12.7. The Kier molecular flexibility index (Phi) is 5.87. The number of rotatable bonds is 5. The predicted molar refractivity (Wildman–Crippen MR) is 108 cm³/mol. The summed E-state index contributed by atoms with van der Waals surface area (Å²) >= 11 is 1.71. The lowest BCUT2D eigenvalue weighted by molar-refractivity contribution is -0.133. The van der Waals surface area contributed by atoms with Gasteiger partial charge in [0.25, 0.3) is 5.91 Å². The summed E-state index contributed by atoms with van der Waals surface area (Å²) in [5.41, 5.74) is 1.47. The van der Waals surface area contributed by atoms with Crippen LogP contribution in [-0.2, 0) is 27.8 Å². The number of amides is 2. The van der Waals surface area contributed by atoms with Gasteiger partial charge in [-0.2, -0.15) is 0 Å². The van der Waals surface area contributed by atoms with Gasteiger partial charge in [0, 0.05) is 37.6 Å². The maximum Gasteiger partial charge on any atom is 0.251 e. The Labute approximate surface area is 169 Å². The molecule has 0 unspecified atom stereocenters. The summed E-state index contributed by atoms with van der Waals surface area (Å²) in [5.74, 6) is -0.542. The Morgan fingerprint density at radius 2 is 1.86 bits per heavy atom. The molecule has 2 heterocycles. The molecule has 7 nitrogen and oxygen atoms in total. The number of nitrogens with one attached hydrogen (secondary N) is 1. The van der Waals surface area contributed by atoms with Crippen LogP contribution in [0.1, 0.15) is 27.7 Å². The quantitative estimate of drug-likeness (QED) is 0.796. The van der Waals surface area contributed by atoms with Crippen LogP contribution in [0.3, 0.4) is 0 Å². The lowest BCUT2D eigenvalue weighted by atomic mass is 10.1. The normalized spacial score (nSPS) is 15.2. The number of nitrogens with zero attached hydrogens (tertiary/aromatic N) is 2. The van der Waals surface area contributed by atoms with E-state index in [1.807, 2.05) is 11.4 Å². The molecule has 2 aromatic rings. The van der Waals surface area contributed by atoms with E-state index in [4.69, 9.17) is 0 Å². The first kappa shape index (κ1) is 20.5. The Morgan fingerprint density at radius 1 is 1.18 bits per heavy atom. The molecule has 28 heavy (non-hydrogen) atoms. The van der Waals surface area contributed by atoms with Crippen molar-refractivity contribution < 1.29 is 18.0 Å². The van der Waals surface area contributed by atoms with E-state index in [2.05, 4.69) is 5.32 Å². The highest BCUT2D eigenvalue weighted by molar-refractivity contribution is 7.89. The second-order valence-electron chi connectivity index (χ2n) is 6.89. The fraction of sp³-hybridized carbons (Fsp3) is 0.368. The molecule has 0 saturated heterocycles. The third kappa shape index (κ3) is 4.11. The van der Waals surface area contributed by atoms with E-state index in [0.29, 0.717) is 18.7 Å². The standard InChI is InChI=1S/C19H23N3O4S2/c1-13(19(24)22-10-8-17-15(12-22)9-11-27-17)20-18(23)14-4-6-16(7-5-14)28(25,26)21(2)3/h4-7,9,11,13H,8,10,12H2,1-3H3,(H,20,23)/t13-/m0/s1. The van der Waals surface area contributed by atoms with Crippen LogP contribution in [-0.4, -0.2) is 56.1 Å². The van der Waals surface area contributed by atoms with Crippen molar-refractivity contribution >= 4 is 33.2 Å². The molecule has 0 saturated carbocycles. The molecular weight excluding hydrogens is 398 g/mol. The third-order valence-corrected chi connectivity index (χ3v) is 7.58. The van der Waals surface area contributed by atoms with Gasteiger partial charge in [0.15, 0.2) is 0 Å². The minimum Gasteiger partial charge on any atom is -0.341 e. The molecule has 0 radical (unpaired) electrons. The Balaban J connectivity index is 1.63. The second kappa shape index (κ2) is 8.02. The monoisotopic (exact) mass is 421 g/mol. The number of benzene rings is 1. The number of fused-ring (bicyclic) bond motifs is 1. The van der Waals surface area contributed by atoms with Crippen molar-refractivity contribution in [3.63, 3.8) is 0 Å². The zero-order chi connectivity index (χ0) is 20.5. The van der Waals surface area contributed by atoms with Crippen LogP contribution in [0.25, 0.3) is 0 Å². The molecule has 1 aromatic carbocycles. The van der Waals surface area contributed by atoms with Gasteiger partial charge in [0.2, 0.25) is 15.9 Å². The highest BCUT2D eigenvalue weighted by Crippen LogP contribution is 2.24. The van der Waals surface area contributed by atoms with Gasteiger partial charge in [0.05, 0.1) is 4.90 Å². The molecule has 1 N–H and O–H groups in total. The van der Waals surface area contributed by atoms with Gasteiger partial charge < -0.3 is 10.2 Å². The maximum absolute atomic E-state index is 12.7. The van der Waals surface area contributed by atoms with Gasteiger partial charge in [-0.05, 0) is 54.6 Å². The van der Waals surface area contributed by atoms with E-state index in [0.717, 1.165) is 10.7 Å². The molecule has 1 aliphatic heterocycles. The van der Waals surface area contributed by atoms with Gasteiger partial charge >= 0.3 is 0 Å². The molecule has 1 atom stereocenters. The largest absolute Gasteiger partial charge is 0.341 e. The fourth-order valence-electron chi connectivity index (χ4n) is 3.04. The summed E-state index contributed by atoms with van der Waals surface area (Å²) in [6.07, 6.45) is 0.835. The molecule has 0 fully saturated rings. The van der Waals surface area contributed by atoms with Crippen molar-refractivity contribution in [2.45, 2.75) is 30.8 Å². The molecular formula is C19H23N3O4S2. The molecule has 2 amide bonds. The van der Waals surface area contributed by atoms with Gasteiger partial charge in [-0.15, -0.1) is 11.3 Å². The van der Waals surface area contributed by atoms with Crippen molar-refractivity contribution in [1.29, 1.82) is 0 Å². The Morgan fingerprint density at radius 3 is 2.50 bits per heavy atom. The van der Waals surface area contributed by atoms with Gasteiger partial charge in [-0.25, -0.2) is 12.7 Å². The number of hydrogen-bond donors (Lipinski definition) is 1. The zero-order valence-electron chi connectivity index (χ0n) is 16.0. The van der Waals surface area contributed by atoms with Crippen molar-refractivity contribution in [2.75, 3.05) is 20.6 Å². The highest BCUT2D eigenvalue weighted by Gasteiger charge is 2.26. The fourth-order valence-corrected chi connectivity index (χ4v) is 4.83. The van der Waals surface area contributed by atoms with Crippen LogP contribution in [0.15, 0.2) is 40.6 Å². The van der Waals surface area contributed by atoms with E-state index in [9.17, 15) is 18.0 Å². The second-order valence-corrected chi connectivity index (χ2v) is 10.0. The molecule has 9 heteroatoms.